The van der Waals surface area contributed by atoms with Crippen LogP contribution in [0.25, 0.3) is 0 Å². The first-order valence-electron chi connectivity index (χ1n) is 6.76. The van der Waals surface area contributed by atoms with Gasteiger partial charge in [-0.25, -0.2) is 0 Å². The molecule has 1 heterocycles. The Morgan fingerprint density at radius 3 is 2.90 bits per heavy atom. The zero-order chi connectivity index (χ0) is 13.8. The molecule has 5 nitrogen and oxygen atoms in total. The highest BCUT2D eigenvalue weighted by Gasteiger charge is 2.27. The molecule has 114 valence electrons. The van der Waals surface area contributed by atoms with Crippen LogP contribution in [-0.2, 0) is 11.3 Å². The minimum Gasteiger partial charge on any atom is -0.353 e. The lowest BCUT2D eigenvalue weighted by atomic mass is 10.0. The molecular formula is C13H22ClN3O2S. The predicted octanol–water partition coefficient (Wildman–Crippen LogP) is 1.27. The summed E-state index contributed by atoms with van der Waals surface area (Å²) in [6, 6.07) is 0.220. The van der Waals surface area contributed by atoms with E-state index in [1.807, 2.05) is 12.3 Å². The van der Waals surface area contributed by atoms with Gasteiger partial charge in [0.1, 0.15) is 0 Å². The van der Waals surface area contributed by atoms with E-state index in [2.05, 4.69) is 5.32 Å². The average Bonchev–Trinajstić information content (AvgIpc) is 2.95. The molecule has 0 bridgehead atoms. The number of aromatic nitrogens is 1. The second kappa shape index (κ2) is 7.81. The van der Waals surface area contributed by atoms with Crippen molar-refractivity contribution in [3.63, 3.8) is 0 Å². The van der Waals surface area contributed by atoms with Crippen LogP contribution >= 0.6 is 23.7 Å². The van der Waals surface area contributed by atoms with Crippen molar-refractivity contribution in [3.8, 4) is 0 Å². The number of nitrogens with one attached hydrogen (secondary N) is 1. The van der Waals surface area contributed by atoms with Crippen LogP contribution in [0.5, 0.6) is 0 Å². The van der Waals surface area contributed by atoms with Gasteiger partial charge in [0, 0.05) is 30.1 Å². The molecular weight excluding hydrogens is 298 g/mol. The monoisotopic (exact) mass is 319 g/mol. The Morgan fingerprint density at radius 1 is 1.55 bits per heavy atom. The molecule has 0 spiro atoms. The molecule has 1 saturated carbocycles. The fourth-order valence-electron chi connectivity index (χ4n) is 2.68. The molecule has 3 N–H and O–H groups in total. The molecule has 0 saturated heterocycles. The van der Waals surface area contributed by atoms with Gasteiger partial charge in [-0.05, 0) is 32.2 Å². The van der Waals surface area contributed by atoms with E-state index in [0.29, 0.717) is 25.4 Å². The SMILES string of the molecule is Cc1csc(=O)n1CCC(=O)NC1CCCC1CN.Cl. The lowest BCUT2D eigenvalue weighted by molar-refractivity contribution is -0.122. The number of thiazole rings is 1. The molecule has 2 atom stereocenters. The molecule has 1 aliphatic carbocycles. The second-order valence-electron chi connectivity index (χ2n) is 5.15. The van der Waals surface area contributed by atoms with E-state index in [0.717, 1.165) is 25.0 Å². The molecule has 2 rings (SSSR count). The summed E-state index contributed by atoms with van der Waals surface area (Å²) in [5.41, 5.74) is 6.62. The summed E-state index contributed by atoms with van der Waals surface area (Å²) >= 11 is 1.18. The maximum atomic E-state index is 11.9. The zero-order valence-electron chi connectivity index (χ0n) is 11.6. The van der Waals surface area contributed by atoms with Crippen molar-refractivity contribution >= 4 is 29.7 Å². The van der Waals surface area contributed by atoms with Gasteiger partial charge in [0.15, 0.2) is 0 Å². The van der Waals surface area contributed by atoms with E-state index in [4.69, 9.17) is 5.73 Å². The summed E-state index contributed by atoms with van der Waals surface area (Å²) in [7, 11) is 0. The van der Waals surface area contributed by atoms with Crippen molar-refractivity contribution in [2.24, 2.45) is 11.7 Å². The summed E-state index contributed by atoms with van der Waals surface area (Å²) in [5, 5.41) is 4.87. The molecule has 0 aliphatic heterocycles. The summed E-state index contributed by atoms with van der Waals surface area (Å²) in [6.07, 6.45) is 3.61. The molecule has 1 amide bonds. The van der Waals surface area contributed by atoms with Crippen molar-refractivity contribution in [2.75, 3.05) is 6.54 Å². The molecule has 1 aromatic rings. The predicted molar refractivity (Wildman–Crippen MR) is 83.5 cm³/mol. The number of nitrogens with zero attached hydrogens (tertiary/aromatic N) is 1. The maximum absolute atomic E-state index is 11.9. The van der Waals surface area contributed by atoms with Crippen LogP contribution in [0.2, 0.25) is 0 Å². The van der Waals surface area contributed by atoms with Crippen molar-refractivity contribution in [1.82, 2.24) is 9.88 Å². The third-order valence-corrected chi connectivity index (χ3v) is 4.73. The normalized spacial score (nSPS) is 21.5. The zero-order valence-corrected chi connectivity index (χ0v) is 13.3. The van der Waals surface area contributed by atoms with Crippen molar-refractivity contribution in [1.29, 1.82) is 0 Å². The summed E-state index contributed by atoms with van der Waals surface area (Å²) in [5.74, 6) is 0.428. The third-order valence-electron chi connectivity index (χ3n) is 3.85. The topological polar surface area (TPSA) is 77.1 Å². The van der Waals surface area contributed by atoms with Gasteiger partial charge in [-0.2, -0.15) is 0 Å². The van der Waals surface area contributed by atoms with Gasteiger partial charge in [0.2, 0.25) is 5.91 Å². The Labute approximate surface area is 129 Å². The number of halogens is 1. The molecule has 0 radical (unpaired) electrons. The minimum absolute atomic E-state index is 0. The maximum Gasteiger partial charge on any atom is 0.307 e. The number of hydrogen-bond donors (Lipinski definition) is 2. The molecule has 1 aromatic heterocycles. The third kappa shape index (κ3) is 4.07. The van der Waals surface area contributed by atoms with Crippen LogP contribution in [0.3, 0.4) is 0 Å². The smallest absolute Gasteiger partial charge is 0.307 e. The Bertz CT molecular complexity index is 500. The van der Waals surface area contributed by atoms with Crippen molar-refractivity contribution < 1.29 is 4.79 Å². The van der Waals surface area contributed by atoms with E-state index < -0.39 is 0 Å². The summed E-state index contributed by atoms with van der Waals surface area (Å²) < 4.78 is 1.65. The Kier molecular flexibility index (Phi) is 6.71. The second-order valence-corrected chi connectivity index (χ2v) is 5.97. The van der Waals surface area contributed by atoms with E-state index in [-0.39, 0.29) is 29.2 Å². The highest BCUT2D eigenvalue weighted by molar-refractivity contribution is 7.07. The minimum atomic E-state index is 0. The molecule has 0 aromatic carbocycles. The van der Waals surface area contributed by atoms with Gasteiger partial charge in [0.05, 0.1) is 0 Å². The van der Waals surface area contributed by atoms with Crippen LogP contribution in [0.15, 0.2) is 10.2 Å². The Hall–Kier alpha value is -0.850. The number of amides is 1. The van der Waals surface area contributed by atoms with Gasteiger partial charge in [-0.3, -0.25) is 9.59 Å². The number of rotatable bonds is 5. The van der Waals surface area contributed by atoms with Gasteiger partial charge in [0.25, 0.3) is 0 Å². The van der Waals surface area contributed by atoms with Crippen molar-refractivity contribution in [3.05, 3.63) is 20.7 Å². The Morgan fingerprint density at radius 2 is 2.30 bits per heavy atom. The fourth-order valence-corrected chi connectivity index (χ4v) is 3.44. The first-order chi connectivity index (χ1) is 9.11. The first kappa shape index (κ1) is 17.2. The van der Waals surface area contributed by atoms with E-state index >= 15 is 0 Å². The lowest BCUT2D eigenvalue weighted by Gasteiger charge is -2.19. The average molecular weight is 320 g/mol. The fraction of sp³-hybridized carbons (Fsp3) is 0.692. The van der Waals surface area contributed by atoms with E-state index in [1.54, 1.807) is 4.57 Å². The Balaban J connectivity index is 0.00000200. The van der Waals surface area contributed by atoms with Gasteiger partial charge in [-0.15, -0.1) is 12.4 Å². The van der Waals surface area contributed by atoms with Crippen LogP contribution < -0.4 is 15.9 Å². The molecule has 2 unspecified atom stereocenters. The van der Waals surface area contributed by atoms with Crippen LogP contribution in [0, 0.1) is 12.8 Å². The standard InChI is InChI=1S/C13H21N3O2S.ClH/c1-9-8-19-13(18)16(9)6-5-12(17)15-11-4-2-3-10(11)7-14;/h8,10-11H,2-7,14H2,1H3,(H,15,17);1H. The quantitative estimate of drug-likeness (QED) is 0.858. The highest BCUT2D eigenvalue weighted by atomic mass is 35.5. The summed E-state index contributed by atoms with van der Waals surface area (Å²) in [4.78, 5) is 23.4. The number of hydrogen-bond acceptors (Lipinski definition) is 4. The van der Waals surface area contributed by atoms with E-state index in [9.17, 15) is 9.59 Å². The molecule has 1 aliphatic rings. The first-order valence-corrected chi connectivity index (χ1v) is 7.64. The van der Waals surface area contributed by atoms with Crippen molar-refractivity contribution in [2.45, 2.75) is 45.2 Å². The number of aryl methyl sites for hydroxylation is 1. The molecule has 1 fully saturated rings. The number of nitrogens with two attached hydrogens (primary N) is 1. The highest BCUT2D eigenvalue weighted by Crippen LogP contribution is 2.24. The van der Waals surface area contributed by atoms with Crippen LogP contribution in [-0.4, -0.2) is 23.1 Å². The van der Waals surface area contributed by atoms with Gasteiger partial charge < -0.3 is 15.6 Å². The largest absolute Gasteiger partial charge is 0.353 e. The molecule has 7 heteroatoms. The summed E-state index contributed by atoms with van der Waals surface area (Å²) in [6.45, 7) is 2.98. The van der Waals surface area contributed by atoms with Crippen LogP contribution in [0.4, 0.5) is 0 Å². The molecule has 20 heavy (non-hydrogen) atoms. The van der Waals surface area contributed by atoms with Crippen LogP contribution in [0.1, 0.15) is 31.4 Å². The van der Waals surface area contributed by atoms with Gasteiger partial charge in [-0.1, -0.05) is 17.8 Å². The lowest BCUT2D eigenvalue weighted by Crippen LogP contribution is -2.40. The van der Waals surface area contributed by atoms with E-state index in [1.165, 1.54) is 11.3 Å². The van der Waals surface area contributed by atoms with Gasteiger partial charge >= 0.3 is 4.87 Å². The number of carbonyl (C=O) groups is 1. The number of carbonyl (C=O) groups excluding carboxylic acids is 1.